The maximum Gasteiger partial charge on any atom is 0.0849 e. The van der Waals surface area contributed by atoms with Gasteiger partial charge in [0.25, 0.3) is 0 Å². The lowest BCUT2D eigenvalue weighted by atomic mass is 10.2. The molecule has 0 radical (unpaired) electrons. The molecule has 5 nitrogen and oxygen atoms in total. The number of aryl methyl sites for hydroxylation is 2. The van der Waals surface area contributed by atoms with Crippen LogP contribution in [0.2, 0.25) is 0 Å². The summed E-state index contributed by atoms with van der Waals surface area (Å²) in [6, 6.07) is 2.03. The summed E-state index contributed by atoms with van der Waals surface area (Å²) in [4.78, 5) is 4.14. The quantitative estimate of drug-likeness (QED) is 0.786. The largest absolute Gasteiger partial charge is 0.330 e. The van der Waals surface area contributed by atoms with Gasteiger partial charge in [-0.2, -0.15) is 0 Å². The van der Waals surface area contributed by atoms with E-state index >= 15 is 0 Å². The third-order valence-corrected chi connectivity index (χ3v) is 2.55. The lowest BCUT2D eigenvalue weighted by Crippen LogP contribution is -1.99. The average molecular weight is 231 g/mol. The molecule has 17 heavy (non-hydrogen) atoms. The van der Waals surface area contributed by atoms with Crippen LogP contribution < -0.4 is 5.73 Å². The lowest BCUT2D eigenvalue weighted by molar-refractivity contribution is 0.727. The van der Waals surface area contributed by atoms with Gasteiger partial charge in [0.2, 0.25) is 0 Å². The highest BCUT2D eigenvalue weighted by Crippen LogP contribution is 2.08. The first-order valence-electron chi connectivity index (χ1n) is 5.83. The van der Waals surface area contributed by atoms with Gasteiger partial charge in [-0.1, -0.05) is 5.21 Å². The van der Waals surface area contributed by atoms with Gasteiger partial charge in [-0.25, -0.2) is 4.68 Å². The van der Waals surface area contributed by atoms with Crippen LogP contribution in [0, 0.1) is 6.92 Å². The molecule has 0 spiro atoms. The molecule has 2 aromatic rings. The van der Waals surface area contributed by atoms with Gasteiger partial charge >= 0.3 is 0 Å². The summed E-state index contributed by atoms with van der Waals surface area (Å²) < 4.78 is 1.76. The Morgan fingerprint density at radius 3 is 2.94 bits per heavy atom. The fourth-order valence-electron chi connectivity index (χ4n) is 1.65. The monoisotopic (exact) mass is 231 g/mol. The summed E-state index contributed by atoms with van der Waals surface area (Å²) in [5.41, 5.74) is 8.52. The van der Waals surface area contributed by atoms with E-state index in [1.807, 2.05) is 25.4 Å². The summed E-state index contributed by atoms with van der Waals surface area (Å²) in [6.07, 6.45) is 8.57. The number of hydrogen-bond donors (Lipinski definition) is 1. The predicted molar refractivity (Wildman–Crippen MR) is 65.9 cm³/mol. The Balaban J connectivity index is 2.07. The number of pyridine rings is 1. The lowest BCUT2D eigenvalue weighted by Gasteiger charge is -1.99. The SMILES string of the molecule is Cc1cncc(-n2cc(CCCCN)nn2)c1. The maximum absolute atomic E-state index is 5.46. The van der Waals surface area contributed by atoms with Crippen LogP contribution in [0.1, 0.15) is 24.1 Å². The van der Waals surface area contributed by atoms with E-state index in [4.69, 9.17) is 5.73 Å². The van der Waals surface area contributed by atoms with E-state index in [2.05, 4.69) is 15.3 Å². The molecule has 0 unspecified atom stereocenters. The van der Waals surface area contributed by atoms with Gasteiger partial charge in [0, 0.05) is 6.20 Å². The molecular weight excluding hydrogens is 214 g/mol. The number of hydrogen-bond acceptors (Lipinski definition) is 4. The zero-order chi connectivity index (χ0) is 12.1. The van der Waals surface area contributed by atoms with Gasteiger partial charge in [0.05, 0.1) is 23.8 Å². The van der Waals surface area contributed by atoms with E-state index in [9.17, 15) is 0 Å². The molecule has 2 N–H and O–H groups in total. The van der Waals surface area contributed by atoms with Crippen LogP contribution in [0.25, 0.3) is 5.69 Å². The summed E-state index contributed by atoms with van der Waals surface area (Å²) >= 11 is 0. The summed E-state index contributed by atoms with van der Waals surface area (Å²) in [6.45, 7) is 2.74. The predicted octanol–water partition coefficient (Wildman–Crippen LogP) is 1.25. The molecule has 0 saturated heterocycles. The molecule has 0 aromatic carbocycles. The van der Waals surface area contributed by atoms with Crippen molar-refractivity contribution in [1.29, 1.82) is 0 Å². The van der Waals surface area contributed by atoms with Crippen LogP contribution in [0.4, 0.5) is 0 Å². The number of nitrogens with two attached hydrogens (primary N) is 1. The van der Waals surface area contributed by atoms with Gasteiger partial charge in [0.15, 0.2) is 0 Å². The van der Waals surface area contributed by atoms with Gasteiger partial charge in [-0.05, 0) is 44.4 Å². The first kappa shape index (κ1) is 11.7. The normalized spacial score (nSPS) is 10.7. The Labute approximate surface area is 101 Å². The van der Waals surface area contributed by atoms with Crippen LogP contribution in [0.5, 0.6) is 0 Å². The fourth-order valence-corrected chi connectivity index (χ4v) is 1.65. The number of unbranched alkanes of at least 4 members (excludes halogenated alkanes) is 1. The van der Waals surface area contributed by atoms with E-state index in [0.29, 0.717) is 0 Å². The Bertz CT molecular complexity index is 477. The summed E-state index contributed by atoms with van der Waals surface area (Å²) in [7, 11) is 0. The average Bonchev–Trinajstić information content (AvgIpc) is 2.78. The summed E-state index contributed by atoms with van der Waals surface area (Å²) in [5.74, 6) is 0. The standard InChI is InChI=1S/C12H17N5/c1-10-6-12(8-14-7-10)17-9-11(15-16-17)4-2-3-5-13/h6-9H,2-5,13H2,1H3. The van der Waals surface area contributed by atoms with Crippen LogP contribution in [-0.4, -0.2) is 26.5 Å². The van der Waals surface area contributed by atoms with Crippen molar-refractivity contribution in [2.75, 3.05) is 6.54 Å². The molecule has 2 rings (SSSR count). The Hall–Kier alpha value is -1.75. The van der Waals surface area contributed by atoms with Crippen molar-refractivity contribution in [2.24, 2.45) is 5.73 Å². The molecule has 0 aliphatic heterocycles. The first-order chi connectivity index (χ1) is 8.29. The van der Waals surface area contributed by atoms with Crippen LogP contribution in [0.3, 0.4) is 0 Å². The van der Waals surface area contributed by atoms with Crippen molar-refractivity contribution >= 4 is 0 Å². The van der Waals surface area contributed by atoms with Gasteiger partial charge in [0.1, 0.15) is 0 Å². The molecule has 0 bridgehead atoms. The number of aromatic nitrogens is 4. The van der Waals surface area contributed by atoms with Gasteiger partial charge in [-0.3, -0.25) is 4.98 Å². The second kappa shape index (κ2) is 5.54. The molecule has 5 heteroatoms. The third-order valence-electron chi connectivity index (χ3n) is 2.55. The van der Waals surface area contributed by atoms with Crippen molar-refractivity contribution in [3.63, 3.8) is 0 Å². The highest BCUT2D eigenvalue weighted by molar-refractivity contribution is 5.30. The minimum Gasteiger partial charge on any atom is -0.330 e. The fraction of sp³-hybridized carbons (Fsp3) is 0.417. The summed E-state index contributed by atoms with van der Waals surface area (Å²) in [5, 5.41) is 8.24. The Kier molecular flexibility index (Phi) is 3.82. The zero-order valence-corrected chi connectivity index (χ0v) is 10.0. The second-order valence-corrected chi connectivity index (χ2v) is 4.12. The smallest absolute Gasteiger partial charge is 0.0849 e. The zero-order valence-electron chi connectivity index (χ0n) is 10.0. The topological polar surface area (TPSA) is 69.6 Å². The van der Waals surface area contributed by atoms with Crippen LogP contribution >= 0.6 is 0 Å². The Morgan fingerprint density at radius 2 is 2.18 bits per heavy atom. The molecule has 0 aliphatic rings. The molecule has 0 amide bonds. The molecule has 2 aromatic heterocycles. The van der Waals surface area contributed by atoms with Crippen molar-refractivity contribution in [3.8, 4) is 5.69 Å². The first-order valence-corrected chi connectivity index (χ1v) is 5.83. The van der Waals surface area contributed by atoms with Gasteiger partial charge in [-0.15, -0.1) is 5.10 Å². The van der Waals surface area contributed by atoms with Crippen LogP contribution in [-0.2, 0) is 6.42 Å². The van der Waals surface area contributed by atoms with Crippen molar-refractivity contribution in [3.05, 3.63) is 35.9 Å². The van der Waals surface area contributed by atoms with Crippen molar-refractivity contribution < 1.29 is 0 Å². The van der Waals surface area contributed by atoms with E-state index in [1.165, 1.54) is 0 Å². The molecule has 2 heterocycles. The number of rotatable bonds is 5. The van der Waals surface area contributed by atoms with E-state index < -0.39 is 0 Å². The van der Waals surface area contributed by atoms with Crippen molar-refractivity contribution in [1.82, 2.24) is 20.0 Å². The number of nitrogens with zero attached hydrogens (tertiary/aromatic N) is 4. The van der Waals surface area contributed by atoms with Gasteiger partial charge < -0.3 is 5.73 Å². The second-order valence-electron chi connectivity index (χ2n) is 4.12. The minimum atomic E-state index is 0.732. The highest BCUT2D eigenvalue weighted by atomic mass is 15.4. The molecule has 0 atom stereocenters. The molecule has 0 fully saturated rings. The molecule has 0 saturated carbocycles. The highest BCUT2D eigenvalue weighted by Gasteiger charge is 2.03. The van der Waals surface area contributed by atoms with Crippen molar-refractivity contribution in [2.45, 2.75) is 26.2 Å². The minimum absolute atomic E-state index is 0.732. The van der Waals surface area contributed by atoms with E-state index in [1.54, 1.807) is 10.9 Å². The molecular formula is C12H17N5. The van der Waals surface area contributed by atoms with E-state index in [0.717, 1.165) is 42.8 Å². The third kappa shape index (κ3) is 3.10. The van der Waals surface area contributed by atoms with E-state index in [-0.39, 0.29) is 0 Å². The molecule has 0 aliphatic carbocycles. The van der Waals surface area contributed by atoms with Crippen LogP contribution in [0.15, 0.2) is 24.7 Å². The molecule has 90 valence electrons. The Morgan fingerprint density at radius 1 is 1.29 bits per heavy atom. The maximum atomic E-state index is 5.46.